The first-order valence-corrected chi connectivity index (χ1v) is 9.38. The number of esters is 1. The van der Waals surface area contributed by atoms with Crippen molar-refractivity contribution in [1.82, 2.24) is 0 Å². The predicted molar refractivity (Wildman–Crippen MR) is 111 cm³/mol. The van der Waals surface area contributed by atoms with Gasteiger partial charge in [0.2, 0.25) is 0 Å². The van der Waals surface area contributed by atoms with Gasteiger partial charge in [0.15, 0.2) is 0 Å². The van der Waals surface area contributed by atoms with Gasteiger partial charge >= 0.3 is 11.9 Å². The quantitative estimate of drug-likeness (QED) is 0.506. The maximum Gasteiger partial charge on any atom is 0.338 e. The highest BCUT2D eigenvalue weighted by Crippen LogP contribution is 2.44. The van der Waals surface area contributed by atoms with Crippen LogP contribution in [0.25, 0.3) is 11.1 Å². The molecule has 0 spiro atoms. The van der Waals surface area contributed by atoms with Crippen molar-refractivity contribution in [2.24, 2.45) is 0 Å². The van der Waals surface area contributed by atoms with E-state index in [0.717, 1.165) is 22.3 Å². The van der Waals surface area contributed by atoms with E-state index in [4.69, 9.17) is 10.5 Å². The van der Waals surface area contributed by atoms with Crippen LogP contribution >= 0.6 is 0 Å². The van der Waals surface area contributed by atoms with Crippen LogP contribution < -0.4 is 5.73 Å². The molecule has 0 saturated carbocycles. The fraction of sp³-hybridized carbons (Fsp3) is 0.167. The van der Waals surface area contributed by atoms with Gasteiger partial charge in [0, 0.05) is 11.6 Å². The lowest BCUT2D eigenvalue weighted by Crippen LogP contribution is -2.16. The maximum atomic E-state index is 12.8. The van der Waals surface area contributed by atoms with E-state index in [1.165, 1.54) is 6.07 Å². The number of hydrogen-bond donors (Lipinski definition) is 2. The maximum absolute atomic E-state index is 12.8. The van der Waals surface area contributed by atoms with Gasteiger partial charge in [-0.1, -0.05) is 48.5 Å². The molecule has 0 fully saturated rings. The van der Waals surface area contributed by atoms with Crippen LogP contribution in [-0.4, -0.2) is 23.7 Å². The van der Waals surface area contributed by atoms with E-state index in [1.807, 2.05) is 24.3 Å². The highest BCUT2D eigenvalue weighted by molar-refractivity contribution is 6.00. The molecule has 0 unspecified atom stereocenters. The number of nitrogen functional groups attached to an aromatic ring is 1. The minimum absolute atomic E-state index is 0.0551. The number of anilines is 1. The summed E-state index contributed by atoms with van der Waals surface area (Å²) in [5.74, 6) is -1.77. The molecule has 1 aliphatic rings. The van der Waals surface area contributed by atoms with Crippen molar-refractivity contribution in [3.8, 4) is 11.1 Å². The van der Waals surface area contributed by atoms with Crippen molar-refractivity contribution >= 4 is 17.6 Å². The zero-order chi connectivity index (χ0) is 20.7. The molecule has 5 nitrogen and oxygen atoms in total. The molecule has 146 valence electrons. The summed E-state index contributed by atoms with van der Waals surface area (Å²) >= 11 is 0. The number of nitrogens with two attached hydrogens (primary N) is 1. The number of aromatic carboxylic acids is 1. The molecular weight excluding hydrogens is 366 g/mol. The van der Waals surface area contributed by atoms with Crippen LogP contribution in [0, 0.1) is 13.8 Å². The molecule has 3 aromatic rings. The second-order valence-corrected chi connectivity index (χ2v) is 7.27. The monoisotopic (exact) mass is 387 g/mol. The largest absolute Gasteiger partial charge is 0.478 e. The normalized spacial score (nSPS) is 12.3. The Morgan fingerprint density at radius 1 is 0.931 bits per heavy atom. The summed E-state index contributed by atoms with van der Waals surface area (Å²) in [6.07, 6.45) is 0. The van der Waals surface area contributed by atoms with Gasteiger partial charge in [-0.2, -0.15) is 0 Å². The third-order valence-electron chi connectivity index (χ3n) is 5.74. The van der Waals surface area contributed by atoms with Gasteiger partial charge in [-0.15, -0.1) is 0 Å². The van der Waals surface area contributed by atoms with E-state index in [9.17, 15) is 14.7 Å². The van der Waals surface area contributed by atoms with E-state index in [0.29, 0.717) is 11.1 Å². The molecule has 29 heavy (non-hydrogen) atoms. The standard InChI is InChI=1S/C24H21NO4/c1-13-14(2)22(25)20(23(26)27)11-19(13)24(28)29-12-21-17-9-5-3-7-15(17)16-8-4-6-10-18(16)21/h3-11,21H,12,25H2,1-2H3,(H,26,27). The van der Waals surface area contributed by atoms with E-state index >= 15 is 0 Å². The Morgan fingerprint density at radius 2 is 1.48 bits per heavy atom. The Hall–Kier alpha value is -3.60. The molecule has 0 heterocycles. The average molecular weight is 387 g/mol. The Kier molecular flexibility index (Phi) is 4.59. The smallest absolute Gasteiger partial charge is 0.338 e. The van der Waals surface area contributed by atoms with Gasteiger partial charge < -0.3 is 15.6 Å². The number of carbonyl (C=O) groups excluding carboxylic acids is 1. The third kappa shape index (κ3) is 3.05. The zero-order valence-electron chi connectivity index (χ0n) is 16.2. The summed E-state index contributed by atoms with van der Waals surface area (Å²) in [6.45, 7) is 3.63. The molecule has 0 radical (unpaired) electrons. The highest BCUT2D eigenvalue weighted by atomic mass is 16.5. The number of carbonyl (C=O) groups is 2. The van der Waals surface area contributed by atoms with Gasteiger partial charge in [-0.05, 0) is 53.3 Å². The molecule has 3 aromatic carbocycles. The van der Waals surface area contributed by atoms with Crippen LogP contribution in [0.2, 0.25) is 0 Å². The van der Waals surface area contributed by atoms with E-state index < -0.39 is 11.9 Å². The lowest BCUT2D eigenvalue weighted by molar-refractivity contribution is 0.0492. The predicted octanol–water partition coefficient (Wildman–Crippen LogP) is 4.55. The topological polar surface area (TPSA) is 89.6 Å². The van der Waals surface area contributed by atoms with E-state index in [-0.39, 0.29) is 29.3 Å². The second-order valence-electron chi connectivity index (χ2n) is 7.27. The summed E-state index contributed by atoms with van der Waals surface area (Å²) < 4.78 is 5.66. The minimum atomic E-state index is -1.17. The summed E-state index contributed by atoms with van der Waals surface area (Å²) in [7, 11) is 0. The number of rotatable bonds is 4. The second kappa shape index (κ2) is 7.09. The van der Waals surface area contributed by atoms with Crippen molar-refractivity contribution in [2.45, 2.75) is 19.8 Å². The van der Waals surface area contributed by atoms with Crippen LogP contribution in [0.15, 0.2) is 54.6 Å². The molecule has 0 saturated heterocycles. The van der Waals surface area contributed by atoms with Gasteiger partial charge in [0.25, 0.3) is 0 Å². The third-order valence-corrected chi connectivity index (χ3v) is 5.74. The van der Waals surface area contributed by atoms with Crippen LogP contribution in [0.1, 0.15) is 48.9 Å². The number of benzene rings is 3. The SMILES string of the molecule is Cc1c(C(=O)OCC2c3ccccc3-c3ccccc32)cc(C(=O)O)c(N)c1C. The fourth-order valence-electron chi connectivity index (χ4n) is 4.00. The molecule has 0 bridgehead atoms. The van der Waals surface area contributed by atoms with Gasteiger partial charge in [0.05, 0.1) is 11.1 Å². The van der Waals surface area contributed by atoms with Crippen molar-refractivity contribution in [3.05, 3.63) is 88.0 Å². The summed E-state index contributed by atoms with van der Waals surface area (Å²) in [4.78, 5) is 24.3. The van der Waals surface area contributed by atoms with Crippen LogP contribution in [0.4, 0.5) is 5.69 Å². The molecule has 0 aromatic heterocycles. The Bertz CT molecular complexity index is 1100. The number of hydrogen-bond acceptors (Lipinski definition) is 4. The van der Waals surface area contributed by atoms with E-state index in [1.54, 1.807) is 13.8 Å². The van der Waals surface area contributed by atoms with Gasteiger partial charge in [0.1, 0.15) is 6.61 Å². The highest BCUT2D eigenvalue weighted by Gasteiger charge is 2.29. The van der Waals surface area contributed by atoms with Gasteiger partial charge in [-0.3, -0.25) is 0 Å². The summed E-state index contributed by atoms with van der Waals surface area (Å²) in [5.41, 5.74) is 12.0. The Morgan fingerprint density at radius 3 is 2.03 bits per heavy atom. The molecule has 0 amide bonds. The van der Waals surface area contributed by atoms with E-state index in [2.05, 4.69) is 24.3 Å². The molecular formula is C24H21NO4. The number of carboxylic acid groups (broad SMARTS) is 1. The molecule has 4 rings (SSSR count). The van der Waals surface area contributed by atoms with Crippen LogP contribution in [-0.2, 0) is 4.74 Å². The van der Waals surface area contributed by atoms with Crippen molar-refractivity contribution in [2.75, 3.05) is 12.3 Å². The molecule has 3 N–H and O–H groups in total. The van der Waals surface area contributed by atoms with Crippen molar-refractivity contribution < 1.29 is 19.4 Å². The first kappa shape index (κ1) is 18.7. The Balaban J connectivity index is 1.64. The zero-order valence-corrected chi connectivity index (χ0v) is 16.2. The minimum Gasteiger partial charge on any atom is -0.478 e. The van der Waals surface area contributed by atoms with Crippen molar-refractivity contribution in [3.63, 3.8) is 0 Å². The lowest BCUT2D eigenvalue weighted by Gasteiger charge is -2.16. The molecule has 0 aliphatic heterocycles. The molecule has 5 heteroatoms. The summed E-state index contributed by atoms with van der Waals surface area (Å²) in [6, 6.07) is 17.5. The first-order chi connectivity index (χ1) is 13.9. The van der Waals surface area contributed by atoms with Crippen molar-refractivity contribution in [1.29, 1.82) is 0 Å². The number of fused-ring (bicyclic) bond motifs is 3. The average Bonchev–Trinajstić information content (AvgIpc) is 3.04. The van der Waals surface area contributed by atoms with Gasteiger partial charge in [-0.25, -0.2) is 9.59 Å². The molecule has 0 atom stereocenters. The van der Waals surface area contributed by atoms with Crippen LogP contribution in [0.3, 0.4) is 0 Å². The number of carboxylic acids is 1. The lowest BCUT2D eigenvalue weighted by atomic mass is 9.96. The first-order valence-electron chi connectivity index (χ1n) is 9.38. The molecule has 1 aliphatic carbocycles. The summed E-state index contributed by atoms with van der Waals surface area (Å²) in [5, 5.41) is 9.38. The Labute approximate surface area is 168 Å². The number of ether oxygens (including phenoxy) is 1. The van der Waals surface area contributed by atoms with Crippen LogP contribution in [0.5, 0.6) is 0 Å². The fourth-order valence-corrected chi connectivity index (χ4v) is 4.00.